The van der Waals surface area contributed by atoms with Crippen LogP contribution in [0.3, 0.4) is 0 Å². The van der Waals surface area contributed by atoms with Crippen molar-refractivity contribution in [2.24, 2.45) is 0 Å². The molecule has 0 spiro atoms. The van der Waals surface area contributed by atoms with Crippen LogP contribution in [0.4, 0.5) is 5.82 Å². The minimum Gasteiger partial charge on any atom is -0.360 e. The molecule has 2 aromatic rings. The van der Waals surface area contributed by atoms with Crippen LogP contribution in [-0.2, 0) is 11.2 Å². The first-order chi connectivity index (χ1) is 11.6. The Bertz CT molecular complexity index is 703. The van der Waals surface area contributed by atoms with Crippen molar-refractivity contribution in [3.8, 4) is 0 Å². The Morgan fingerprint density at radius 1 is 1.50 bits per heavy atom. The molecule has 1 aliphatic heterocycles. The Morgan fingerprint density at radius 3 is 3.12 bits per heavy atom. The zero-order chi connectivity index (χ0) is 16.9. The van der Waals surface area contributed by atoms with Gasteiger partial charge in [0.15, 0.2) is 5.15 Å². The summed E-state index contributed by atoms with van der Waals surface area (Å²) in [5.74, 6) is 1.63. The van der Waals surface area contributed by atoms with Gasteiger partial charge in [-0.15, -0.1) is 0 Å². The molecule has 1 saturated heterocycles. The number of pyridine rings is 1. The lowest BCUT2D eigenvalue weighted by molar-refractivity contribution is -0.121. The van der Waals surface area contributed by atoms with Gasteiger partial charge in [-0.1, -0.05) is 22.8 Å². The predicted molar refractivity (Wildman–Crippen MR) is 92.2 cm³/mol. The van der Waals surface area contributed by atoms with Crippen LogP contribution in [0.25, 0.3) is 0 Å². The molecule has 1 N–H and O–H groups in total. The zero-order valence-corrected chi connectivity index (χ0v) is 14.4. The second kappa shape index (κ2) is 7.66. The standard InChI is InChI=1S/C17H21ClN4O2/c1-12-4-2-6-16(19-12)22-9-3-5-13(11-22)20-17(23)8-7-14-10-15(18)21-24-14/h2,4,6,10,13H,3,5,7-9,11H2,1H3,(H,20,23)/t13-/m0/s1. The van der Waals surface area contributed by atoms with E-state index in [2.05, 4.69) is 20.4 Å². The first kappa shape index (κ1) is 16.8. The van der Waals surface area contributed by atoms with Crippen LogP contribution in [-0.4, -0.2) is 35.2 Å². The van der Waals surface area contributed by atoms with Gasteiger partial charge in [0.1, 0.15) is 11.6 Å². The second-order valence-electron chi connectivity index (χ2n) is 6.11. The van der Waals surface area contributed by atoms with E-state index < -0.39 is 0 Å². The third-order valence-electron chi connectivity index (χ3n) is 4.11. The van der Waals surface area contributed by atoms with E-state index in [-0.39, 0.29) is 11.9 Å². The molecule has 0 unspecified atom stereocenters. The van der Waals surface area contributed by atoms with Crippen molar-refractivity contribution in [1.82, 2.24) is 15.5 Å². The summed E-state index contributed by atoms with van der Waals surface area (Å²) in [6.45, 7) is 3.75. The van der Waals surface area contributed by atoms with Crippen LogP contribution < -0.4 is 10.2 Å². The molecule has 7 heteroatoms. The average molecular weight is 349 g/mol. The van der Waals surface area contributed by atoms with E-state index in [1.807, 2.05) is 25.1 Å². The van der Waals surface area contributed by atoms with Crippen LogP contribution in [0.1, 0.15) is 30.7 Å². The average Bonchev–Trinajstić information content (AvgIpc) is 2.99. The van der Waals surface area contributed by atoms with Gasteiger partial charge in [-0.05, 0) is 31.9 Å². The van der Waals surface area contributed by atoms with Crippen molar-refractivity contribution in [1.29, 1.82) is 0 Å². The summed E-state index contributed by atoms with van der Waals surface area (Å²) < 4.78 is 5.01. The molecule has 0 bridgehead atoms. The monoisotopic (exact) mass is 348 g/mol. The molecule has 128 valence electrons. The van der Waals surface area contributed by atoms with Crippen molar-refractivity contribution in [2.75, 3.05) is 18.0 Å². The van der Waals surface area contributed by atoms with E-state index in [0.717, 1.165) is 37.4 Å². The van der Waals surface area contributed by atoms with E-state index in [1.165, 1.54) is 0 Å². The van der Waals surface area contributed by atoms with E-state index >= 15 is 0 Å². The molecule has 0 aliphatic carbocycles. The number of amides is 1. The molecule has 1 atom stereocenters. The number of rotatable bonds is 5. The third-order valence-corrected chi connectivity index (χ3v) is 4.29. The van der Waals surface area contributed by atoms with Crippen molar-refractivity contribution < 1.29 is 9.32 Å². The first-order valence-corrected chi connectivity index (χ1v) is 8.57. The van der Waals surface area contributed by atoms with Crippen LogP contribution in [0.5, 0.6) is 0 Å². The molecule has 0 aromatic carbocycles. The fraction of sp³-hybridized carbons (Fsp3) is 0.471. The maximum atomic E-state index is 12.1. The van der Waals surface area contributed by atoms with Gasteiger partial charge in [0, 0.05) is 43.7 Å². The number of hydrogen-bond acceptors (Lipinski definition) is 5. The van der Waals surface area contributed by atoms with Crippen molar-refractivity contribution in [3.63, 3.8) is 0 Å². The van der Waals surface area contributed by atoms with Crippen molar-refractivity contribution in [3.05, 3.63) is 40.9 Å². The number of halogens is 1. The zero-order valence-electron chi connectivity index (χ0n) is 13.7. The summed E-state index contributed by atoms with van der Waals surface area (Å²) in [7, 11) is 0. The fourth-order valence-electron chi connectivity index (χ4n) is 2.95. The quantitative estimate of drug-likeness (QED) is 0.899. The normalized spacial score (nSPS) is 17.8. The third kappa shape index (κ3) is 4.47. The van der Waals surface area contributed by atoms with Gasteiger partial charge in [-0.2, -0.15) is 0 Å². The molecule has 1 amide bonds. The van der Waals surface area contributed by atoms with Gasteiger partial charge in [0.05, 0.1) is 0 Å². The molecule has 6 nitrogen and oxygen atoms in total. The van der Waals surface area contributed by atoms with Crippen LogP contribution >= 0.6 is 11.6 Å². The van der Waals surface area contributed by atoms with Crippen molar-refractivity contribution >= 4 is 23.3 Å². The number of nitrogens with zero attached hydrogens (tertiary/aromatic N) is 3. The maximum absolute atomic E-state index is 12.1. The Hall–Kier alpha value is -2.08. The highest BCUT2D eigenvalue weighted by molar-refractivity contribution is 6.29. The molecule has 1 fully saturated rings. The lowest BCUT2D eigenvalue weighted by Gasteiger charge is -2.34. The van der Waals surface area contributed by atoms with Gasteiger partial charge in [-0.3, -0.25) is 4.79 Å². The van der Waals surface area contributed by atoms with Crippen LogP contribution in [0, 0.1) is 6.92 Å². The molecular weight excluding hydrogens is 328 g/mol. The predicted octanol–water partition coefficient (Wildman–Crippen LogP) is 2.75. The molecule has 24 heavy (non-hydrogen) atoms. The SMILES string of the molecule is Cc1cccc(N2CCC[C@H](NC(=O)CCc3cc(Cl)no3)C2)n1. The lowest BCUT2D eigenvalue weighted by Crippen LogP contribution is -2.48. The first-order valence-electron chi connectivity index (χ1n) is 8.19. The molecule has 1 aliphatic rings. The fourth-order valence-corrected chi connectivity index (χ4v) is 3.11. The maximum Gasteiger partial charge on any atom is 0.220 e. The number of nitrogens with one attached hydrogen (secondary N) is 1. The molecule has 0 radical (unpaired) electrons. The molecular formula is C17H21ClN4O2. The number of piperidine rings is 1. The Labute approximate surface area is 146 Å². The number of carbonyl (C=O) groups excluding carboxylic acids is 1. The number of aryl methyl sites for hydroxylation is 2. The largest absolute Gasteiger partial charge is 0.360 e. The molecule has 0 saturated carbocycles. The van der Waals surface area contributed by atoms with E-state index in [1.54, 1.807) is 6.07 Å². The highest BCUT2D eigenvalue weighted by Gasteiger charge is 2.22. The highest BCUT2D eigenvalue weighted by Crippen LogP contribution is 2.18. The van der Waals surface area contributed by atoms with Gasteiger partial charge < -0.3 is 14.7 Å². The minimum absolute atomic E-state index is 0.0200. The summed E-state index contributed by atoms with van der Waals surface area (Å²) in [4.78, 5) is 19.0. The van der Waals surface area contributed by atoms with E-state index in [0.29, 0.717) is 23.8 Å². The van der Waals surface area contributed by atoms with Crippen molar-refractivity contribution in [2.45, 2.75) is 38.6 Å². The van der Waals surface area contributed by atoms with Crippen LogP contribution in [0.15, 0.2) is 28.8 Å². The lowest BCUT2D eigenvalue weighted by atomic mass is 10.1. The molecule has 3 heterocycles. The smallest absolute Gasteiger partial charge is 0.220 e. The number of anilines is 1. The van der Waals surface area contributed by atoms with E-state index in [4.69, 9.17) is 16.1 Å². The summed E-state index contributed by atoms with van der Waals surface area (Å²) in [5, 5.41) is 7.03. The number of carbonyl (C=O) groups is 1. The Balaban J connectivity index is 1.50. The van der Waals surface area contributed by atoms with Gasteiger partial charge >= 0.3 is 0 Å². The van der Waals surface area contributed by atoms with Crippen LogP contribution in [0.2, 0.25) is 5.15 Å². The number of hydrogen-bond donors (Lipinski definition) is 1. The summed E-state index contributed by atoms with van der Waals surface area (Å²) in [5.41, 5.74) is 1.00. The minimum atomic E-state index is 0.0200. The Kier molecular flexibility index (Phi) is 5.35. The highest BCUT2D eigenvalue weighted by atomic mass is 35.5. The second-order valence-corrected chi connectivity index (χ2v) is 6.49. The summed E-state index contributed by atoms with van der Waals surface area (Å²) >= 11 is 5.70. The van der Waals surface area contributed by atoms with Gasteiger partial charge in [0.2, 0.25) is 5.91 Å². The van der Waals surface area contributed by atoms with E-state index in [9.17, 15) is 4.79 Å². The number of aromatic nitrogens is 2. The summed E-state index contributed by atoms with van der Waals surface area (Å²) in [6.07, 6.45) is 2.90. The summed E-state index contributed by atoms with van der Waals surface area (Å²) in [6, 6.07) is 7.81. The molecule has 2 aromatic heterocycles. The molecule has 3 rings (SSSR count). The van der Waals surface area contributed by atoms with Gasteiger partial charge in [-0.25, -0.2) is 4.98 Å². The topological polar surface area (TPSA) is 71.3 Å². The Morgan fingerprint density at radius 2 is 2.38 bits per heavy atom. The van der Waals surface area contributed by atoms with Gasteiger partial charge in [0.25, 0.3) is 0 Å².